The fraction of sp³-hybridized carbons (Fsp3) is 0.538. The van der Waals surface area contributed by atoms with E-state index in [1.165, 1.54) is 5.56 Å². The number of benzene rings is 1. The number of carbonyl (C=O) groups excluding carboxylic acids is 1. The van der Waals surface area contributed by atoms with E-state index in [0.717, 1.165) is 62.6 Å². The van der Waals surface area contributed by atoms with Gasteiger partial charge in [-0.3, -0.25) is 4.90 Å². The van der Waals surface area contributed by atoms with E-state index in [9.17, 15) is 4.79 Å². The molecule has 1 aromatic carbocycles. The summed E-state index contributed by atoms with van der Waals surface area (Å²) in [6.07, 6.45) is 6.57. The highest BCUT2D eigenvalue weighted by Gasteiger charge is 2.36. The zero-order valence-corrected chi connectivity index (χ0v) is 20.2. The first-order chi connectivity index (χ1) is 16.6. The maximum atomic E-state index is 12.0. The number of rotatable bonds is 7. The number of aromatic nitrogens is 1. The van der Waals surface area contributed by atoms with Gasteiger partial charge in [-0.25, -0.2) is 9.78 Å². The van der Waals surface area contributed by atoms with Crippen LogP contribution in [0.5, 0.6) is 0 Å². The Morgan fingerprint density at radius 2 is 1.91 bits per heavy atom. The second-order valence-electron chi connectivity index (χ2n) is 9.56. The van der Waals surface area contributed by atoms with E-state index in [0.29, 0.717) is 18.7 Å². The lowest BCUT2D eigenvalue weighted by Gasteiger charge is -2.46. The van der Waals surface area contributed by atoms with E-state index in [1.54, 1.807) is 0 Å². The van der Waals surface area contributed by atoms with Crippen molar-refractivity contribution in [3.63, 3.8) is 0 Å². The number of amides is 1. The first-order valence-electron chi connectivity index (χ1n) is 12.3. The van der Waals surface area contributed by atoms with Gasteiger partial charge in [0.15, 0.2) is 0 Å². The molecule has 3 aliphatic rings. The molecule has 1 amide bonds. The molecule has 34 heavy (non-hydrogen) atoms. The fourth-order valence-electron chi connectivity index (χ4n) is 4.97. The van der Waals surface area contributed by atoms with Crippen molar-refractivity contribution in [1.82, 2.24) is 15.2 Å². The number of hydrogen-bond donors (Lipinski definition) is 1. The number of hydrogen-bond acceptors (Lipinski definition) is 6. The minimum absolute atomic E-state index is 0.111. The van der Waals surface area contributed by atoms with Crippen LogP contribution in [-0.4, -0.2) is 73.1 Å². The number of nitrogens with zero attached hydrogens (tertiary/aromatic N) is 3. The summed E-state index contributed by atoms with van der Waals surface area (Å²) in [4.78, 5) is 21.5. The lowest BCUT2D eigenvalue weighted by molar-refractivity contribution is -0.0989. The smallest absolute Gasteiger partial charge is 0.407 e. The van der Waals surface area contributed by atoms with Gasteiger partial charge < -0.3 is 19.7 Å². The summed E-state index contributed by atoms with van der Waals surface area (Å²) >= 11 is 6.09. The van der Waals surface area contributed by atoms with Crippen LogP contribution in [0.25, 0.3) is 0 Å². The van der Waals surface area contributed by atoms with Crippen LogP contribution < -0.4 is 10.2 Å². The quantitative estimate of drug-likeness (QED) is 0.642. The van der Waals surface area contributed by atoms with E-state index in [-0.39, 0.29) is 24.8 Å². The normalized spacial score (nSPS) is 24.1. The molecule has 3 heterocycles. The molecule has 0 radical (unpaired) electrons. The number of morpholine rings is 1. The van der Waals surface area contributed by atoms with Gasteiger partial charge in [0.25, 0.3) is 0 Å². The van der Waals surface area contributed by atoms with Crippen molar-refractivity contribution in [2.24, 2.45) is 0 Å². The van der Waals surface area contributed by atoms with E-state index in [2.05, 4.69) is 38.3 Å². The van der Waals surface area contributed by atoms with E-state index in [1.807, 2.05) is 30.5 Å². The van der Waals surface area contributed by atoms with Gasteiger partial charge >= 0.3 is 6.09 Å². The Morgan fingerprint density at radius 3 is 2.62 bits per heavy atom. The average molecular weight is 485 g/mol. The molecule has 1 aliphatic carbocycles. The van der Waals surface area contributed by atoms with Gasteiger partial charge in [-0.1, -0.05) is 29.8 Å². The molecule has 2 aromatic rings. The van der Waals surface area contributed by atoms with Crippen molar-refractivity contribution in [2.45, 2.75) is 56.3 Å². The van der Waals surface area contributed by atoms with Crippen LogP contribution in [-0.2, 0) is 15.9 Å². The molecule has 0 spiro atoms. The van der Waals surface area contributed by atoms with E-state index >= 15 is 0 Å². The van der Waals surface area contributed by atoms with Gasteiger partial charge in [0, 0.05) is 49.0 Å². The van der Waals surface area contributed by atoms with Gasteiger partial charge in [0.05, 0.1) is 6.61 Å². The van der Waals surface area contributed by atoms with Crippen molar-refractivity contribution in [3.05, 3.63) is 59.2 Å². The Labute approximate surface area is 206 Å². The number of pyridine rings is 1. The Morgan fingerprint density at radius 1 is 1.12 bits per heavy atom. The minimum Gasteiger partial charge on any atom is -0.447 e. The molecule has 1 saturated carbocycles. The lowest BCUT2D eigenvalue weighted by Crippen LogP contribution is -2.58. The zero-order chi connectivity index (χ0) is 23.3. The van der Waals surface area contributed by atoms with Gasteiger partial charge in [-0.2, -0.15) is 0 Å². The molecule has 5 rings (SSSR count). The monoisotopic (exact) mass is 484 g/mol. The molecule has 7 nitrogen and oxygen atoms in total. The molecule has 2 aliphatic heterocycles. The third kappa shape index (κ3) is 6.20. The van der Waals surface area contributed by atoms with Crippen molar-refractivity contribution >= 4 is 23.5 Å². The maximum absolute atomic E-state index is 12.0. The standard InChI is InChI=1S/C26H33ClN4O3/c27-20-6-4-19(5-7-20)15-23-17-33-24(18-34-26(32)29-21-8-9-21)16-31(23)22-10-13-30(14-11-22)25-3-1-2-12-28-25/h1-7,12,21-24H,8-11,13-18H2,(H,29,32)/t23?,24-/m1/s1. The third-order valence-corrected chi connectivity index (χ3v) is 7.25. The zero-order valence-electron chi connectivity index (χ0n) is 19.4. The van der Waals surface area contributed by atoms with Gasteiger partial charge in [-0.15, -0.1) is 0 Å². The summed E-state index contributed by atoms with van der Waals surface area (Å²) in [5, 5.41) is 3.64. The lowest BCUT2D eigenvalue weighted by atomic mass is 9.96. The van der Waals surface area contributed by atoms with Crippen LogP contribution >= 0.6 is 11.6 Å². The number of nitrogens with one attached hydrogen (secondary N) is 1. The SMILES string of the molecule is O=C(NC1CC1)OC[C@H]1CN(C2CCN(c3ccccn3)CC2)C(Cc2ccc(Cl)cc2)CO1. The second-order valence-corrected chi connectivity index (χ2v) is 10.00. The summed E-state index contributed by atoms with van der Waals surface area (Å²) in [6.45, 7) is 3.65. The first kappa shape index (κ1) is 23.4. The predicted octanol–water partition coefficient (Wildman–Crippen LogP) is 3.90. The number of piperidine rings is 1. The van der Waals surface area contributed by atoms with E-state index < -0.39 is 0 Å². The van der Waals surface area contributed by atoms with Crippen molar-refractivity contribution in [3.8, 4) is 0 Å². The Balaban J connectivity index is 1.22. The molecule has 0 bridgehead atoms. The summed E-state index contributed by atoms with van der Waals surface area (Å²) < 4.78 is 11.7. The molecular formula is C26H33ClN4O3. The molecule has 3 fully saturated rings. The van der Waals surface area contributed by atoms with Gasteiger partial charge in [0.1, 0.15) is 18.5 Å². The van der Waals surface area contributed by atoms with Gasteiger partial charge in [0.2, 0.25) is 0 Å². The molecule has 1 unspecified atom stereocenters. The van der Waals surface area contributed by atoms with Crippen LogP contribution in [0.1, 0.15) is 31.2 Å². The van der Waals surface area contributed by atoms with Gasteiger partial charge in [-0.05, 0) is 61.9 Å². The summed E-state index contributed by atoms with van der Waals surface area (Å²) in [5.41, 5.74) is 1.26. The molecular weight excluding hydrogens is 452 g/mol. The summed E-state index contributed by atoms with van der Waals surface area (Å²) in [6, 6.07) is 15.2. The number of anilines is 1. The minimum atomic E-state index is -0.329. The second kappa shape index (κ2) is 10.9. The highest BCUT2D eigenvalue weighted by atomic mass is 35.5. The van der Waals surface area contributed by atoms with Crippen molar-refractivity contribution < 1.29 is 14.3 Å². The van der Waals surface area contributed by atoms with Crippen LogP contribution in [0.4, 0.5) is 10.6 Å². The molecule has 8 heteroatoms. The third-order valence-electron chi connectivity index (χ3n) is 7.00. The highest BCUT2D eigenvalue weighted by Crippen LogP contribution is 2.27. The predicted molar refractivity (Wildman–Crippen MR) is 132 cm³/mol. The number of halogens is 1. The molecule has 1 N–H and O–H groups in total. The highest BCUT2D eigenvalue weighted by molar-refractivity contribution is 6.30. The number of ether oxygens (including phenoxy) is 2. The first-order valence-corrected chi connectivity index (χ1v) is 12.7. The largest absolute Gasteiger partial charge is 0.447 e. The molecule has 2 atom stereocenters. The summed E-state index contributed by atoms with van der Waals surface area (Å²) in [7, 11) is 0. The van der Waals surface area contributed by atoms with Crippen LogP contribution in [0.3, 0.4) is 0 Å². The maximum Gasteiger partial charge on any atom is 0.407 e. The van der Waals surface area contributed by atoms with Crippen LogP contribution in [0.2, 0.25) is 5.02 Å². The average Bonchev–Trinajstić information content (AvgIpc) is 3.69. The Hall–Kier alpha value is -2.35. The van der Waals surface area contributed by atoms with Crippen LogP contribution in [0.15, 0.2) is 48.7 Å². The summed E-state index contributed by atoms with van der Waals surface area (Å²) in [5.74, 6) is 1.05. The Bertz CT molecular complexity index is 933. The number of carbonyl (C=O) groups is 1. The molecule has 1 aromatic heterocycles. The topological polar surface area (TPSA) is 66.9 Å². The fourth-order valence-corrected chi connectivity index (χ4v) is 5.09. The van der Waals surface area contributed by atoms with Crippen LogP contribution in [0, 0.1) is 0 Å². The van der Waals surface area contributed by atoms with E-state index in [4.69, 9.17) is 21.1 Å². The molecule has 182 valence electrons. The Kier molecular flexibility index (Phi) is 7.52. The number of alkyl carbamates (subject to hydrolysis) is 1. The molecule has 2 saturated heterocycles. The van der Waals surface area contributed by atoms with Crippen molar-refractivity contribution in [2.75, 3.05) is 37.7 Å². The van der Waals surface area contributed by atoms with Crippen molar-refractivity contribution in [1.29, 1.82) is 0 Å².